The standard InChI is InChI=1S/C23H32N2O8S/c1-13(2)20(23(29)32-5)25-22(28)21(24-14(3)26)18(17-11-19(17)33-15(4)27)12-34(30,31)16-9-7-6-8-10-16/h6-10,13,17-21H,11-12H2,1-5H3,(H,24,26)(H,25,28)/t17-,18-,19-,20-,21+/m1/s1. The van der Waals surface area contributed by atoms with Gasteiger partial charge in [0.15, 0.2) is 9.84 Å². The molecule has 2 N–H and O–H groups in total. The molecule has 0 aliphatic heterocycles. The maximum Gasteiger partial charge on any atom is 0.328 e. The smallest absolute Gasteiger partial charge is 0.328 e. The molecule has 10 nitrogen and oxygen atoms in total. The Balaban J connectivity index is 2.41. The van der Waals surface area contributed by atoms with E-state index in [1.807, 2.05) is 0 Å². The first kappa shape index (κ1) is 27.3. The first-order chi connectivity index (χ1) is 15.9. The van der Waals surface area contributed by atoms with Crippen LogP contribution in [0, 0.1) is 17.8 Å². The fourth-order valence-electron chi connectivity index (χ4n) is 3.89. The van der Waals surface area contributed by atoms with Crippen LogP contribution in [0.25, 0.3) is 0 Å². The van der Waals surface area contributed by atoms with Gasteiger partial charge in [-0.1, -0.05) is 32.0 Å². The number of amides is 2. The summed E-state index contributed by atoms with van der Waals surface area (Å²) in [7, 11) is -2.67. The van der Waals surface area contributed by atoms with E-state index >= 15 is 0 Å². The van der Waals surface area contributed by atoms with Gasteiger partial charge in [-0.3, -0.25) is 14.4 Å². The van der Waals surface area contributed by atoms with E-state index in [-0.39, 0.29) is 10.8 Å². The van der Waals surface area contributed by atoms with E-state index in [1.54, 1.807) is 32.0 Å². The van der Waals surface area contributed by atoms with Gasteiger partial charge in [0.2, 0.25) is 11.8 Å². The Morgan fingerprint density at radius 2 is 1.65 bits per heavy atom. The normalized spacial score (nSPS) is 19.9. The van der Waals surface area contributed by atoms with Gasteiger partial charge in [0, 0.05) is 25.7 Å². The molecule has 1 aromatic rings. The summed E-state index contributed by atoms with van der Waals surface area (Å²) in [6, 6.07) is 5.46. The lowest BCUT2D eigenvalue weighted by Gasteiger charge is -2.29. The number of ether oxygens (including phenoxy) is 2. The van der Waals surface area contributed by atoms with E-state index in [0.29, 0.717) is 6.42 Å². The van der Waals surface area contributed by atoms with Crippen molar-refractivity contribution in [1.29, 1.82) is 0 Å². The number of methoxy groups -OCH3 is 1. The van der Waals surface area contributed by atoms with Gasteiger partial charge in [-0.15, -0.1) is 0 Å². The van der Waals surface area contributed by atoms with Crippen LogP contribution in [0.2, 0.25) is 0 Å². The quantitative estimate of drug-likeness (QED) is 0.429. The molecule has 0 unspecified atom stereocenters. The van der Waals surface area contributed by atoms with Crippen LogP contribution in [-0.4, -0.2) is 63.2 Å². The van der Waals surface area contributed by atoms with Gasteiger partial charge in [0.05, 0.1) is 17.8 Å². The number of carbonyl (C=O) groups is 4. The van der Waals surface area contributed by atoms with Crippen LogP contribution in [0.5, 0.6) is 0 Å². The molecule has 1 fully saturated rings. The number of hydrogen-bond donors (Lipinski definition) is 2. The van der Waals surface area contributed by atoms with Crippen molar-refractivity contribution in [3.8, 4) is 0 Å². The number of carbonyl (C=O) groups excluding carboxylic acids is 4. The summed E-state index contributed by atoms with van der Waals surface area (Å²) < 4.78 is 36.3. The van der Waals surface area contributed by atoms with Gasteiger partial charge in [0.1, 0.15) is 18.2 Å². The molecule has 0 aromatic heterocycles. The summed E-state index contributed by atoms with van der Waals surface area (Å²) in [6.45, 7) is 5.88. The molecule has 2 rings (SSSR count). The van der Waals surface area contributed by atoms with E-state index in [0.717, 1.165) is 0 Å². The van der Waals surface area contributed by atoms with Crippen molar-refractivity contribution >= 4 is 33.6 Å². The highest BCUT2D eigenvalue weighted by Crippen LogP contribution is 2.43. The zero-order valence-corrected chi connectivity index (χ0v) is 20.8. The average molecular weight is 497 g/mol. The minimum atomic E-state index is -3.86. The molecule has 1 saturated carbocycles. The first-order valence-electron chi connectivity index (χ1n) is 11.0. The maximum atomic E-state index is 13.3. The Kier molecular flexibility index (Phi) is 9.20. The monoisotopic (exact) mass is 496 g/mol. The minimum Gasteiger partial charge on any atom is -0.467 e. The molecular formula is C23H32N2O8S. The van der Waals surface area contributed by atoms with Crippen molar-refractivity contribution in [2.45, 2.75) is 57.2 Å². The fraction of sp³-hybridized carbons (Fsp3) is 0.565. The Hall–Kier alpha value is -2.95. The van der Waals surface area contributed by atoms with Gasteiger partial charge in [-0.25, -0.2) is 13.2 Å². The molecule has 5 atom stereocenters. The molecule has 34 heavy (non-hydrogen) atoms. The molecule has 0 bridgehead atoms. The van der Waals surface area contributed by atoms with Crippen LogP contribution in [0.15, 0.2) is 35.2 Å². The zero-order chi connectivity index (χ0) is 25.6. The van der Waals surface area contributed by atoms with Gasteiger partial charge in [-0.2, -0.15) is 0 Å². The number of esters is 2. The van der Waals surface area contributed by atoms with Crippen LogP contribution in [0.4, 0.5) is 0 Å². The van der Waals surface area contributed by atoms with Crippen LogP contribution in [-0.2, 0) is 38.5 Å². The molecule has 1 aromatic carbocycles. The highest BCUT2D eigenvalue weighted by Gasteiger charge is 2.52. The Labute approximate surface area is 199 Å². The molecular weight excluding hydrogens is 464 g/mol. The lowest BCUT2D eigenvalue weighted by molar-refractivity contribution is -0.147. The number of sulfone groups is 1. The number of benzene rings is 1. The number of nitrogens with one attached hydrogen (secondary N) is 2. The molecule has 188 valence electrons. The van der Waals surface area contributed by atoms with Crippen molar-refractivity contribution in [2.75, 3.05) is 12.9 Å². The molecule has 1 aliphatic carbocycles. The van der Waals surface area contributed by atoms with Crippen molar-refractivity contribution in [2.24, 2.45) is 17.8 Å². The third-order valence-electron chi connectivity index (χ3n) is 5.65. The molecule has 0 radical (unpaired) electrons. The predicted molar refractivity (Wildman–Crippen MR) is 122 cm³/mol. The van der Waals surface area contributed by atoms with Crippen molar-refractivity contribution in [3.63, 3.8) is 0 Å². The molecule has 0 saturated heterocycles. The highest BCUT2D eigenvalue weighted by atomic mass is 32.2. The topological polar surface area (TPSA) is 145 Å². The van der Waals surface area contributed by atoms with E-state index in [1.165, 1.54) is 33.1 Å². The lowest BCUT2D eigenvalue weighted by Crippen LogP contribution is -2.57. The summed E-state index contributed by atoms with van der Waals surface area (Å²) in [5, 5.41) is 5.13. The highest BCUT2D eigenvalue weighted by molar-refractivity contribution is 7.91. The molecule has 11 heteroatoms. The molecule has 0 heterocycles. The van der Waals surface area contributed by atoms with Gasteiger partial charge in [-0.05, 0) is 24.5 Å². The second kappa shape index (κ2) is 11.5. The molecule has 0 spiro atoms. The van der Waals surface area contributed by atoms with Crippen molar-refractivity contribution in [3.05, 3.63) is 30.3 Å². The maximum absolute atomic E-state index is 13.3. The van der Waals surface area contributed by atoms with Crippen LogP contribution in [0.3, 0.4) is 0 Å². The predicted octanol–water partition coefficient (Wildman–Crippen LogP) is 0.847. The van der Waals surface area contributed by atoms with Gasteiger partial charge < -0.3 is 20.1 Å². The summed E-state index contributed by atoms with van der Waals surface area (Å²) in [5.41, 5.74) is 0. The van der Waals surface area contributed by atoms with Gasteiger partial charge >= 0.3 is 11.9 Å². The lowest BCUT2D eigenvalue weighted by atomic mass is 9.94. The Morgan fingerprint density at radius 1 is 1.03 bits per heavy atom. The Morgan fingerprint density at radius 3 is 2.15 bits per heavy atom. The first-order valence-corrected chi connectivity index (χ1v) is 12.6. The Bertz CT molecular complexity index is 1010. The largest absolute Gasteiger partial charge is 0.467 e. The number of rotatable bonds is 11. The van der Waals surface area contributed by atoms with Crippen LogP contribution < -0.4 is 10.6 Å². The van der Waals surface area contributed by atoms with E-state index in [4.69, 9.17) is 9.47 Å². The van der Waals surface area contributed by atoms with Crippen molar-refractivity contribution in [1.82, 2.24) is 10.6 Å². The zero-order valence-electron chi connectivity index (χ0n) is 19.9. The van der Waals surface area contributed by atoms with Gasteiger partial charge in [0.25, 0.3) is 0 Å². The summed E-state index contributed by atoms with van der Waals surface area (Å²) >= 11 is 0. The number of hydrogen-bond acceptors (Lipinski definition) is 8. The average Bonchev–Trinajstić information content (AvgIpc) is 3.51. The molecule has 1 aliphatic rings. The second-order valence-corrected chi connectivity index (χ2v) is 10.8. The van der Waals surface area contributed by atoms with E-state index in [2.05, 4.69) is 10.6 Å². The molecule has 2 amide bonds. The van der Waals surface area contributed by atoms with Crippen molar-refractivity contribution < 1.29 is 37.1 Å². The SMILES string of the molecule is COC(=O)[C@H](NC(=O)[C@@H](NC(C)=O)[C@H](CS(=O)(=O)c1ccccc1)[C@H]1C[C@H]1OC(C)=O)C(C)C. The van der Waals surface area contributed by atoms with E-state index < -0.39 is 69.4 Å². The van der Waals surface area contributed by atoms with E-state index in [9.17, 15) is 27.6 Å². The minimum absolute atomic E-state index is 0.0706. The third-order valence-corrected chi connectivity index (χ3v) is 7.46. The summed E-state index contributed by atoms with van der Waals surface area (Å²) in [5.74, 6) is -4.64. The third kappa shape index (κ3) is 7.28. The second-order valence-electron chi connectivity index (χ2n) is 8.74. The van der Waals surface area contributed by atoms with Crippen LogP contribution in [0.1, 0.15) is 34.1 Å². The summed E-state index contributed by atoms with van der Waals surface area (Å²) in [6.07, 6.45) is -0.221. The van der Waals surface area contributed by atoms with Crippen LogP contribution >= 0.6 is 0 Å². The summed E-state index contributed by atoms with van der Waals surface area (Å²) in [4.78, 5) is 49.0. The fourth-order valence-corrected chi connectivity index (χ4v) is 5.60.